The molecule has 1 unspecified atom stereocenters. The summed E-state index contributed by atoms with van der Waals surface area (Å²) in [5.41, 5.74) is 0.616. The first kappa shape index (κ1) is 16.7. The van der Waals surface area contributed by atoms with Crippen LogP contribution in [0.5, 0.6) is 11.5 Å². The van der Waals surface area contributed by atoms with E-state index in [9.17, 15) is 9.59 Å². The van der Waals surface area contributed by atoms with Gasteiger partial charge in [0.05, 0.1) is 14.2 Å². The summed E-state index contributed by atoms with van der Waals surface area (Å²) in [6.45, 7) is -0.109. The quantitative estimate of drug-likeness (QED) is 0.577. The standard InChI is InChI=1S/C14H17BrO5/c1-19-11-6-5-9(8-12(11)20-2)13(15)14(18)10(17)4-3-7-16/h5-6,8,13,16H,3-4,7H2,1-2H3. The fourth-order valence-corrected chi connectivity index (χ4v) is 2.21. The second-order valence-electron chi connectivity index (χ2n) is 4.09. The first-order chi connectivity index (χ1) is 9.54. The zero-order chi connectivity index (χ0) is 15.1. The van der Waals surface area contributed by atoms with Crippen molar-refractivity contribution in [3.63, 3.8) is 0 Å². The monoisotopic (exact) mass is 344 g/mol. The maximum Gasteiger partial charge on any atom is 0.216 e. The SMILES string of the molecule is COc1ccc(C(Br)C(=O)C(=O)CCCO)cc1OC. The highest BCUT2D eigenvalue weighted by Gasteiger charge is 2.24. The van der Waals surface area contributed by atoms with E-state index in [1.54, 1.807) is 18.2 Å². The van der Waals surface area contributed by atoms with E-state index in [2.05, 4.69) is 15.9 Å². The lowest BCUT2D eigenvalue weighted by Gasteiger charge is -2.12. The Hall–Kier alpha value is -1.40. The molecule has 6 heteroatoms. The Labute approximate surface area is 126 Å². The van der Waals surface area contributed by atoms with Crippen molar-refractivity contribution in [2.75, 3.05) is 20.8 Å². The second-order valence-corrected chi connectivity index (χ2v) is 5.01. The van der Waals surface area contributed by atoms with Crippen molar-refractivity contribution in [3.05, 3.63) is 23.8 Å². The third-order valence-electron chi connectivity index (χ3n) is 2.77. The molecule has 1 aromatic rings. The zero-order valence-corrected chi connectivity index (χ0v) is 13.0. The zero-order valence-electron chi connectivity index (χ0n) is 11.4. The largest absolute Gasteiger partial charge is 0.493 e. The fraction of sp³-hybridized carbons (Fsp3) is 0.429. The van der Waals surface area contributed by atoms with E-state index in [1.165, 1.54) is 14.2 Å². The molecule has 0 fully saturated rings. The number of ketones is 2. The summed E-state index contributed by atoms with van der Waals surface area (Å²) in [5, 5.41) is 8.67. The molecule has 20 heavy (non-hydrogen) atoms. The van der Waals surface area contributed by atoms with Crippen LogP contribution >= 0.6 is 15.9 Å². The Balaban J connectivity index is 2.88. The van der Waals surface area contributed by atoms with E-state index in [4.69, 9.17) is 14.6 Å². The Morgan fingerprint density at radius 2 is 1.90 bits per heavy atom. The Morgan fingerprint density at radius 1 is 1.25 bits per heavy atom. The molecular formula is C14H17BrO5. The van der Waals surface area contributed by atoms with Crippen LogP contribution in [0.3, 0.4) is 0 Å². The van der Waals surface area contributed by atoms with Crippen LogP contribution in [0.15, 0.2) is 18.2 Å². The van der Waals surface area contributed by atoms with Gasteiger partial charge in [-0.25, -0.2) is 0 Å². The van der Waals surface area contributed by atoms with Gasteiger partial charge in [0.25, 0.3) is 0 Å². The van der Waals surface area contributed by atoms with Crippen molar-refractivity contribution in [1.82, 2.24) is 0 Å². The van der Waals surface area contributed by atoms with Gasteiger partial charge in [-0.2, -0.15) is 0 Å². The molecule has 0 bridgehead atoms. The molecule has 5 nitrogen and oxygen atoms in total. The predicted molar refractivity (Wildman–Crippen MR) is 77.5 cm³/mol. The molecule has 0 heterocycles. The molecule has 0 aliphatic heterocycles. The number of Topliss-reactive ketones (excluding diaryl/α,β-unsaturated/α-hetero) is 2. The minimum Gasteiger partial charge on any atom is -0.493 e. The average molecular weight is 345 g/mol. The molecule has 0 aromatic heterocycles. The van der Waals surface area contributed by atoms with Gasteiger partial charge in [0.1, 0.15) is 4.83 Å². The molecular weight excluding hydrogens is 328 g/mol. The summed E-state index contributed by atoms with van der Waals surface area (Å²) >= 11 is 3.22. The number of carbonyl (C=O) groups is 2. The lowest BCUT2D eigenvalue weighted by Crippen LogP contribution is -2.19. The summed E-state index contributed by atoms with van der Waals surface area (Å²) in [6, 6.07) is 5.02. The highest BCUT2D eigenvalue weighted by molar-refractivity contribution is 9.09. The molecule has 110 valence electrons. The Morgan fingerprint density at radius 3 is 2.45 bits per heavy atom. The van der Waals surface area contributed by atoms with Gasteiger partial charge in [-0.3, -0.25) is 9.59 Å². The van der Waals surface area contributed by atoms with E-state index in [0.29, 0.717) is 17.1 Å². The number of halogens is 1. The number of alkyl halides is 1. The van der Waals surface area contributed by atoms with Crippen molar-refractivity contribution in [2.45, 2.75) is 17.7 Å². The molecule has 1 rings (SSSR count). The molecule has 0 aliphatic carbocycles. The van der Waals surface area contributed by atoms with Crippen LogP contribution in [0.2, 0.25) is 0 Å². The number of methoxy groups -OCH3 is 2. The second kappa shape index (κ2) is 8.01. The van der Waals surface area contributed by atoms with Gasteiger partial charge >= 0.3 is 0 Å². The van der Waals surface area contributed by atoms with Gasteiger partial charge in [0.15, 0.2) is 17.3 Å². The highest BCUT2D eigenvalue weighted by Crippen LogP contribution is 2.33. The van der Waals surface area contributed by atoms with Crippen molar-refractivity contribution >= 4 is 27.5 Å². The van der Waals surface area contributed by atoms with Crippen LogP contribution < -0.4 is 9.47 Å². The lowest BCUT2D eigenvalue weighted by atomic mass is 10.0. The van der Waals surface area contributed by atoms with E-state index >= 15 is 0 Å². The molecule has 0 amide bonds. The minimum absolute atomic E-state index is 0.0464. The molecule has 0 saturated carbocycles. The van der Waals surface area contributed by atoms with E-state index in [1.807, 2.05) is 0 Å². The smallest absolute Gasteiger partial charge is 0.216 e. The molecule has 1 atom stereocenters. The molecule has 0 saturated heterocycles. The first-order valence-corrected chi connectivity index (χ1v) is 7.00. The third kappa shape index (κ3) is 4.05. The molecule has 1 aromatic carbocycles. The molecule has 0 radical (unpaired) electrons. The molecule has 0 aliphatic rings. The van der Waals surface area contributed by atoms with Crippen molar-refractivity contribution in [1.29, 1.82) is 0 Å². The number of aliphatic hydroxyl groups excluding tert-OH is 1. The summed E-state index contributed by atoms with van der Waals surface area (Å²) in [5.74, 6) is 0.00134. The highest BCUT2D eigenvalue weighted by atomic mass is 79.9. The predicted octanol–water partition coefficient (Wildman–Crippen LogP) is 2.05. The number of aliphatic hydroxyl groups is 1. The third-order valence-corrected chi connectivity index (χ3v) is 3.71. The molecule has 0 spiro atoms. The number of hydrogen-bond donors (Lipinski definition) is 1. The number of ether oxygens (including phenoxy) is 2. The molecule has 1 N–H and O–H groups in total. The number of rotatable bonds is 8. The fourth-order valence-electron chi connectivity index (χ4n) is 1.67. The van der Waals surface area contributed by atoms with Crippen molar-refractivity contribution in [3.8, 4) is 11.5 Å². The van der Waals surface area contributed by atoms with E-state index < -0.39 is 16.4 Å². The van der Waals surface area contributed by atoms with E-state index in [0.717, 1.165) is 0 Å². The maximum atomic E-state index is 12.0. The van der Waals surface area contributed by atoms with E-state index in [-0.39, 0.29) is 19.4 Å². The van der Waals surface area contributed by atoms with Gasteiger partial charge in [-0.15, -0.1) is 0 Å². The summed E-state index contributed by atoms with van der Waals surface area (Å²) in [6.07, 6.45) is 0.334. The summed E-state index contributed by atoms with van der Waals surface area (Å²) < 4.78 is 10.3. The Kier molecular flexibility index (Phi) is 6.67. The first-order valence-electron chi connectivity index (χ1n) is 6.09. The number of benzene rings is 1. The summed E-state index contributed by atoms with van der Waals surface area (Å²) in [4.78, 5) is 22.9. The van der Waals surface area contributed by atoms with Gasteiger partial charge in [0, 0.05) is 13.0 Å². The van der Waals surface area contributed by atoms with Crippen molar-refractivity contribution < 1.29 is 24.2 Å². The van der Waals surface area contributed by atoms with Gasteiger partial charge in [0.2, 0.25) is 5.78 Å². The summed E-state index contributed by atoms with van der Waals surface area (Å²) in [7, 11) is 3.02. The van der Waals surface area contributed by atoms with Gasteiger partial charge in [-0.1, -0.05) is 22.0 Å². The normalized spacial score (nSPS) is 11.8. The van der Waals surface area contributed by atoms with Crippen LogP contribution in [0.1, 0.15) is 23.2 Å². The van der Waals surface area contributed by atoms with Crippen LogP contribution in [0.25, 0.3) is 0 Å². The van der Waals surface area contributed by atoms with Gasteiger partial charge in [-0.05, 0) is 24.1 Å². The van der Waals surface area contributed by atoms with Crippen LogP contribution in [0, 0.1) is 0 Å². The van der Waals surface area contributed by atoms with Crippen LogP contribution in [0.4, 0.5) is 0 Å². The van der Waals surface area contributed by atoms with Crippen molar-refractivity contribution in [2.24, 2.45) is 0 Å². The number of carbonyl (C=O) groups excluding carboxylic acids is 2. The van der Waals surface area contributed by atoms with Crippen LogP contribution in [-0.4, -0.2) is 37.5 Å². The average Bonchev–Trinajstić information content (AvgIpc) is 2.50. The lowest BCUT2D eigenvalue weighted by molar-refractivity contribution is -0.136. The van der Waals surface area contributed by atoms with Gasteiger partial charge < -0.3 is 14.6 Å². The van der Waals surface area contributed by atoms with Crippen LogP contribution in [-0.2, 0) is 9.59 Å². The topological polar surface area (TPSA) is 72.8 Å². The number of hydrogen-bond acceptors (Lipinski definition) is 5. The Bertz CT molecular complexity index is 486. The minimum atomic E-state index is -0.728. The maximum absolute atomic E-state index is 12.0.